The molecule has 1 heterocycles. The highest BCUT2D eigenvalue weighted by Gasteiger charge is 2.20. The molecule has 0 unspecified atom stereocenters. The lowest BCUT2D eigenvalue weighted by Gasteiger charge is -2.34. The molecule has 0 bridgehead atoms. The van der Waals surface area contributed by atoms with E-state index in [9.17, 15) is 9.59 Å². The van der Waals surface area contributed by atoms with Gasteiger partial charge in [0.1, 0.15) is 0 Å². The summed E-state index contributed by atoms with van der Waals surface area (Å²) in [7, 11) is 0. The molecular formula is C22H24ClN3O2. The molecule has 1 aliphatic rings. The summed E-state index contributed by atoms with van der Waals surface area (Å²) >= 11 is 5.82. The number of piperazine rings is 1. The number of rotatable bonds is 6. The van der Waals surface area contributed by atoms with Gasteiger partial charge in [-0.15, -0.1) is 0 Å². The van der Waals surface area contributed by atoms with Gasteiger partial charge in [-0.2, -0.15) is 0 Å². The Bertz CT molecular complexity index is 813. The Labute approximate surface area is 170 Å². The highest BCUT2D eigenvalue weighted by atomic mass is 35.5. The Morgan fingerprint density at radius 3 is 2.32 bits per heavy atom. The largest absolute Gasteiger partial charge is 0.343 e. The summed E-state index contributed by atoms with van der Waals surface area (Å²) in [6, 6.07) is 16.8. The maximum absolute atomic E-state index is 12.4. The number of halogens is 1. The minimum Gasteiger partial charge on any atom is -0.343 e. The first kappa shape index (κ1) is 20.1. The second-order valence-corrected chi connectivity index (χ2v) is 7.12. The fourth-order valence-corrected chi connectivity index (χ4v) is 3.18. The van der Waals surface area contributed by atoms with E-state index in [0.29, 0.717) is 23.7 Å². The third-order valence-corrected chi connectivity index (χ3v) is 4.96. The number of carbonyl (C=O) groups excluding carboxylic acids is 2. The molecule has 1 saturated heterocycles. The summed E-state index contributed by atoms with van der Waals surface area (Å²) in [5.41, 5.74) is 1.68. The highest BCUT2D eigenvalue weighted by Crippen LogP contribution is 2.09. The van der Waals surface area contributed by atoms with Crippen molar-refractivity contribution in [1.82, 2.24) is 15.1 Å². The maximum atomic E-state index is 12.4. The van der Waals surface area contributed by atoms with E-state index in [1.807, 2.05) is 18.2 Å². The second kappa shape index (κ2) is 10.1. The van der Waals surface area contributed by atoms with Crippen LogP contribution in [0.15, 0.2) is 60.7 Å². The third-order valence-electron chi connectivity index (χ3n) is 4.71. The first-order valence-corrected chi connectivity index (χ1v) is 9.75. The van der Waals surface area contributed by atoms with Crippen LogP contribution in [0.4, 0.5) is 0 Å². The van der Waals surface area contributed by atoms with E-state index in [2.05, 4.69) is 34.5 Å². The van der Waals surface area contributed by atoms with Crippen molar-refractivity contribution in [3.63, 3.8) is 0 Å². The van der Waals surface area contributed by atoms with Gasteiger partial charge in [0.15, 0.2) is 0 Å². The second-order valence-electron chi connectivity index (χ2n) is 6.68. The standard InChI is InChI=1S/C22H24ClN3O2/c23-20-10-8-19(9-11-20)22(28)24-17-21(27)26-15-13-25(14-16-26)12-4-7-18-5-2-1-3-6-18/h1-11H,12-17H2,(H,24,28)/b7-4+. The van der Waals surface area contributed by atoms with E-state index >= 15 is 0 Å². The van der Waals surface area contributed by atoms with E-state index in [1.165, 1.54) is 5.56 Å². The summed E-state index contributed by atoms with van der Waals surface area (Å²) in [4.78, 5) is 28.6. The van der Waals surface area contributed by atoms with Crippen LogP contribution in [0, 0.1) is 0 Å². The van der Waals surface area contributed by atoms with Crippen LogP contribution in [0.1, 0.15) is 15.9 Å². The minimum absolute atomic E-state index is 0.00930. The maximum Gasteiger partial charge on any atom is 0.251 e. The Hall–Kier alpha value is -2.63. The zero-order valence-electron chi connectivity index (χ0n) is 15.7. The van der Waals surface area contributed by atoms with Gasteiger partial charge in [0.25, 0.3) is 5.91 Å². The number of amides is 2. The molecule has 146 valence electrons. The zero-order chi connectivity index (χ0) is 19.8. The quantitative estimate of drug-likeness (QED) is 0.815. The van der Waals surface area contributed by atoms with E-state index in [1.54, 1.807) is 29.2 Å². The predicted molar refractivity (Wildman–Crippen MR) is 112 cm³/mol. The Morgan fingerprint density at radius 2 is 1.64 bits per heavy atom. The summed E-state index contributed by atoms with van der Waals surface area (Å²) in [5.74, 6) is -0.323. The number of hydrogen-bond acceptors (Lipinski definition) is 3. The Morgan fingerprint density at radius 1 is 0.964 bits per heavy atom. The van der Waals surface area contributed by atoms with Crippen molar-refractivity contribution >= 4 is 29.5 Å². The first-order valence-electron chi connectivity index (χ1n) is 9.37. The molecule has 28 heavy (non-hydrogen) atoms. The van der Waals surface area contributed by atoms with Crippen molar-refractivity contribution in [2.75, 3.05) is 39.3 Å². The van der Waals surface area contributed by atoms with Gasteiger partial charge in [0.2, 0.25) is 5.91 Å². The fraction of sp³-hybridized carbons (Fsp3) is 0.273. The molecule has 2 amide bonds. The van der Waals surface area contributed by atoms with E-state index in [-0.39, 0.29) is 18.4 Å². The molecule has 1 fully saturated rings. The van der Waals surface area contributed by atoms with Crippen molar-refractivity contribution in [2.45, 2.75) is 0 Å². The number of nitrogens with one attached hydrogen (secondary N) is 1. The van der Waals surface area contributed by atoms with Gasteiger partial charge in [0, 0.05) is 43.3 Å². The fourth-order valence-electron chi connectivity index (χ4n) is 3.05. The van der Waals surface area contributed by atoms with Crippen LogP contribution in [0.2, 0.25) is 5.02 Å². The Balaban J connectivity index is 1.38. The summed E-state index contributed by atoms with van der Waals surface area (Å²) in [5, 5.41) is 3.25. The average molecular weight is 398 g/mol. The zero-order valence-corrected chi connectivity index (χ0v) is 16.4. The highest BCUT2D eigenvalue weighted by molar-refractivity contribution is 6.30. The number of nitrogens with zero attached hydrogens (tertiary/aromatic N) is 2. The molecule has 2 aromatic carbocycles. The molecule has 5 nitrogen and oxygen atoms in total. The number of benzene rings is 2. The monoisotopic (exact) mass is 397 g/mol. The first-order chi connectivity index (χ1) is 13.6. The molecule has 0 radical (unpaired) electrons. The van der Waals surface area contributed by atoms with Gasteiger partial charge in [-0.05, 0) is 29.8 Å². The molecule has 0 saturated carbocycles. The summed E-state index contributed by atoms with van der Waals surface area (Å²) in [6.07, 6.45) is 4.27. The summed E-state index contributed by atoms with van der Waals surface area (Å²) in [6.45, 7) is 3.88. The van der Waals surface area contributed by atoms with Crippen molar-refractivity contribution in [1.29, 1.82) is 0 Å². The molecule has 1 N–H and O–H groups in total. The molecule has 3 rings (SSSR count). The van der Waals surface area contributed by atoms with Crippen LogP contribution in [0.25, 0.3) is 6.08 Å². The average Bonchev–Trinajstić information content (AvgIpc) is 2.73. The lowest BCUT2D eigenvalue weighted by Crippen LogP contribution is -2.51. The SMILES string of the molecule is O=C(NCC(=O)N1CCN(C/C=C/c2ccccc2)CC1)c1ccc(Cl)cc1. The van der Waals surface area contributed by atoms with Gasteiger partial charge in [-0.1, -0.05) is 54.1 Å². The molecule has 0 spiro atoms. The van der Waals surface area contributed by atoms with Gasteiger partial charge in [-0.25, -0.2) is 0 Å². The smallest absolute Gasteiger partial charge is 0.251 e. The molecule has 0 aromatic heterocycles. The molecule has 6 heteroatoms. The van der Waals surface area contributed by atoms with E-state index in [4.69, 9.17) is 11.6 Å². The van der Waals surface area contributed by atoms with Gasteiger partial charge >= 0.3 is 0 Å². The lowest BCUT2D eigenvalue weighted by atomic mass is 10.2. The van der Waals surface area contributed by atoms with Crippen LogP contribution >= 0.6 is 11.6 Å². The van der Waals surface area contributed by atoms with Gasteiger partial charge < -0.3 is 10.2 Å². The van der Waals surface area contributed by atoms with Crippen molar-refractivity contribution in [2.24, 2.45) is 0 Å². The number of carbonyl (C=O) groups is 2. The molecular weight excluding hydrogens is 374 g/mol. The molecule has 0 atom stereocenters. The van der Waals surface area contributed by atoms with Crippen LogP contribution in [0.3, 0.4) is 0 Å². The van der Waals surface area contributed by atoms with Crippen LogP contribution in [0.5, 0.6) is 0 Å². The third kappa shape index (κ3) is 5.94. The summed E-state index contributed by atoms with van der Waals surface area (Å²) < 4.78 is 0. The topological polar surface area (TPSA) is 52.7 Å². The Kier molecular flexibility index (Phi) is 7.23. The van der Waals surface area contributed by atoms with E-state index < -0.39 is 0 Å². The van der Waals surface area contributed by atoms with Crippen molar-refractivity contribution < 1.29 is 9.59 Å². The van der Waals surface area contributed by atoms with Crippen LogP contribution in [-0.4, -0.2) is 60.9 Å². The number of hydrogen-bond donors (Lipinski definition) is 1. The van der Waals surface area contributed by atoms with Crippen LogP contribution < -0.4 is 5.32 Å². The minimum atomic E-state index is -0.269. The normalized spacial score (nSPS) is 15.0. The van der Waals surface area contributed by atoms with Crippen LogP contribution in [-0.2, 0) is 4.79 Å². The van der Waals surface area contributed by atoms with Crippen molar-refractivity contribution in [3.8, 4) is 0 Å². The predicted octanol–water partition coefficient (Wildman–Crippen LogP) is 2.93. The van der Waals surface area contributed by atoms with E-state index in [0.717, 1.165) is 19.6 Å². The van der Waals surface area contributed by atoms with Gasteiger partial charge in [-0.3, -0.25) is 14.5 Å². The van der Waals surface area contributed by atoms with Gasteiger partial charge in [0.05, 0.1) is 6.54 Å². The van der Waals surface area contributed by atoms with Crippen molar-refractivity contribution in [3.05, 3.63) is 76.8 Å². The lowest BCUT2D eigenvalue weighted by molar-refractivity contribution is -0.131. The molecule has 2 aromatic rings. The molecule has 0 aliphatic carbocycles. The molecule has 1 aliphatic heterocycles.